The van der Waals surface area contributed by atoms with Crippen molar-refractivity contribution in [3.8, 4) is 0 Å². The standard InChI is InChI=1S/C10H17NO2/c1-8(2)10(12)13-11-9-6-4-3-5-7-9/h9,11H,1,3-7H2,2H3/q+1. The van der Waals surface area contributed by atoms with Gasteiger partial charge in [-0.1, -0.05) is 25.8 Å². The predicted molar refractivity (Wildman–Crippen MR) is 50.9 cm³/mol. The third-order valence-electron chi connectivity index (χ3n) is 2.27. The smallest absolute Gasteiger partial charge is 0.195 e. The van der Waals surface area contributed by atoms with Gasteiger partial charge in [-0.2, -0.15) is 4.84 Å². The third kappa shape index (κ3) is 3.59. The first-order valence-corrected chi connectivity index (χ1v) is 4.82. The summed E-state index contributed by atoms with van der Waals surface area (Å²) in [6.07, 6.45) is 5.95. The Kier molecular flexibility index (Phi) is 3.96. The Bertz CT molecular complexity index is 195. The highest BCUT2D eigenvalue weighted by Gasteiger charge is 2.23. The van der Waals surface area contributed by atoms with Crippen molar-refractivity contribution in [1.82, 2.24) is 5.48 Å². The van der Waals surface area contributed by atoms with Crippen LogP contribution >= 0.6 is 0 Å². The number of rotatable bonds is 3. The normalized spacial score (nSPS) is 18.2. The lowest BCUT2D eigenvalue weighted by molar-refractivity contribution is -0.148. The van der Waals surface area contributed by atoms with Crippen molar-refractivity contribution in [2.75, 3.05) is 0 Å². The fourth-order valence-electron chi connectivity index (χ4n) is 1.44. The Labute approximate surface area is 79.1 Å². The van der Waals surface area contributed by atoms with E-state index in [2.05, 4.69) is 12.1 Å². The first kappa shape index (κ1) is 10.3. The van der Waals surface area contributed by atoms with Gasteiger partial charge in [0.15, 0.2) is 0 Å². The Morgan fingerprint density at radius 3 is 2.54 bits per heavy atom. The number of hydrogen-bond acceptors (Lipinski definition) is 3. The maximum Gasteiger partial charge on any atom is 0.625 e. The van der Waals surface area contributed by atoms with Crippen LogP contribution in [-0.4, -0.2) is 12.0 Å². The fraction of sp³-hybridized carbons (Fsp3) is 0.700. The molecule has 3 heteroatoms. The van der Waals surface area contributed by atoms with Gasteiger partial charge in [-0.3, -0.25) is 0 Å². The molecule has 1 rings (SSSR count). The molecular weight excluding hydrogens is 166 g/mol. The Hall–Kier alpha value is -0.830. The summed E-state index contributed by atoms with van der Waals surface area (Å²) < 4.78 is 0. The second kappa shape index (κ2) is 5.02. The van der Waals surface area contributed by atoms with Gasteiger partial charge in [0, 0.05) is 0 Å². The van der Waals surface area contributed by atoms with E-state index in [1.54, 1.807) is 6.92 Å². The van der Waals surface area contributed by atoms with Crippen LogP contribution in [0.4, 0.5) is 0 Å². The zero-order valence-electron chi connectivity index (χ0n) is 8.14. The number of carbonyl (C=O) groups excluding carboxylic acids is 1. The minimum absolute atomic E-state index is 0.344. The minimum Gasteiger partial charge on any atom is -0.195 e. The second-order valence-electron chi connectivity index (χ2n) is 3.62. The van der Waals surface area contributed by atoms with Crippen molar-refractivity contribution >= 4 is 5.97 Å². The highest BCUT2D eigenvalue weighted by atomic mass is 16.7. The molecule has 0 amide bonds. The van der Waals surface area contributed by atoms with E-state index in [1.807, 2.05) is 0 Å². The van der Waals surface area contributed by atoms with Gasteiger partial charge in [0.05, 0.1) is 16.4 Å². The molecule has 0 unspecified atom stereocenters. The number of nitrogens with one attached hydrogen (secondary N) is 1. The number of hydroxylamine groups is 1. The first-order valence-electron chi connectivity index (χ1n) is 4.82. The lowest BCUT2D eigenvalue weighted by Crippen LogP contribution is -2.33. The van der Waals surface area contributed by atoms with Gasteiger partial charge in [-0.15, -0.1) is 0 Å². The largest absolute Gasteiger partial charge is 0.625 e. The molecule has 1 radical (unpaired) electrons. The molecule has 0 aromatic heterocycles. The molecule has 73 valence electrons. The van der Waals surface area contributed by atoms with Crippen LogP contribution in [0, 0.1) is 0 Å². The van der Waals surface area contributed by atoms with Crippen molar-refractivity contribution in [3.63, 3.8) is 0 Å². The van der Waals surface area contributed by atoms with Gasteiger partial charge in [0.25, 0.3) is 0 Å². The molecule has 13 heavy (non-hydrogen) atoms. The van der Waals surface area contributed by atoms with Crippen LogP contribution in [0.1, 0.15) is 39.0 Å². The number of carbonyl (C=O) groups is 1. The van der Waals surface area contributed by atoms with E-state index in [0.717, 1.165) is 12.8 Å². The van der Waals surface area contributed by atoms with Crippen molar-refractivity contribution in [3.05, 3.63) is 12.2 Å². The second-order valence-corrected chi connectivity index (χ2v) is 3.62. The van der Waals surface area contributed by atoms with E-state index in [0.29, 0.717) is 11.6 Å². The summed E-state index contributed by atoms with van der Waals surface area (Å²) in [5.74, 6) is -0.356. The molecule has 1 aliphatic carbocycles. The monoisotopic (exact) mass is 183 g/mol. The molecule has 1 N–H and O–H groups in total. The van der Waals surface area contributed by atoms with E-state index in [4.69, 9.17) is 4.84 Å². The lowest BCUT2D eigenvalue weighted by atomic mass is 9.96. The first-order chi connectivity index (χ1) is 6.20. The summed E-state index contributed by atoms with van der Waals surface area (Å²) in [5.41, 5.74) is 3.23. The van der Waals surface area contributed by atoms with Crippen LogP contribution in [0.2, 0.25) is 0 Å². The summed E-state index contributed by atoms with van der Waals surface area (Å²) in [6, 6.07) is 0.344. The molecule has 0 bridgehead atoms. The lowest BCUT2D eigenvalue weighted by Gasteiger charge is -2.17. The van der Waals surface area contributed by atoms with Crippen LogP contribution in [0.3, 0.4) is 0 Å². The molecule has 3 nitrogen and oxygen atoms in total. The van der Waals surface area contributed by atoms with E-state index in [-0.39, 0.29) is 5.97 Å². The van der Waals surface area contributed by atoms with Crippen LogP contribution in [0.15, 0.2) is 12.2 Å². The Morgan fingerprint density at radius 2 is 2.00 bits per heavy atom. The van der Waals surface area contributed by atoms with Gasteiger partial charge in [0.1, 0.15) is 0 Å². The molecule has 0 aliphatic heterocycles. The predicted octanol–water partition coefficient (Wildman–Crippen LogP) is 1.94. The quantitative estimate of drug-likeness (QED) is 0.413. The average molecular weight is 183 g/mol. The maximum absolute atomic E-state index is 11.0. The van der Waals surface area contributed by atoms with Gasteiger partial charge in [-0.05, 0) is 25.2 Å². The van der Waals surface area contributed by atoms with Gasteiger partial charge in [-0.25, -0.2) is 0 Å². The zero-order valence-corrected chi connectivity index (χ0v) is 8.14. The molecule has 0 heterocycles. The molecule has 1 aliphatic rings. The zero-order chi connectivity index (χ0) is 9.68. The summed E-state index contributed by atoms with van der Waals surface area (Å²) in [5, 5.41) is 0. The molecule has 1 fully saturated rings. The topological polar surface area (TPSA) is 41.2 Å². The van der Waals surface area contributed by atoms with Crippen LogP contribution in [0.5, 0.6) is 0 Å². The summed E-state index contributed by atoms with van der Waals surface area (Å²) >= 11 is 0. The average Bonchev–Trinajstić information content (AvgIpc) is 2.15. The van der Waals surface area contributed by atoms with Crippen molar-refractivity contribution in [1.29, 1.82) is 0 Å². The highest BCUT2D eigenvalue weighted by molar-refractivity contribution is 5.86. The van der Waals surface area contributed by atoms with Gasteiger partial charge in [0.2, 0.25) is 0 Å². The molecule has 0 aromatic carbocycles. The molecular formula is C10H17NO2+. The molecule has 0 spiro atoms. The number of hydrogen-bond donors (Lipinski definition) is 1. The van der Waals surface area contributed by atoms with Gasteiger partial charge >= 0.3 is 5.97 Å². The molecule has 1 saturated carbocycles. The van der Waals surface area contributed by atoms with E-state index < -0.39 is 0 Å². The van der Waals surface area contributed by atoms with Crippen molar-refractivity contribution in [2.24, 2.45) is 0 Å². The summed E-state index contributed by atoms with van der Waals surface area (Å²) in [7, 11) is 0. The molecule has 0 saturated heterocycles. The maximum atomic E-state index is 11.0. The van der Waals surface area contributed by atoms with Crippen LogP contribution in [-0.2, 0) is 9.63 Å². The highest BCUT2D eigenvalue weighted by Crippen LogP contribution is 2.17. The van der Waals surface area contributed by atoms with Crippen LogP contribution in [0.25, 0.3) is 0 Å². The molecule has 0 aromatic rings. The minimum atomic E-state index is -0.356. The van der Waals surface area contributed by atoms with Crippen LogP contribution < -0.4 is 5.48 Å². The Morgan fingerprint density at radius 1 is 1.38 bits per heavy atom. The van der Waals surface area contributed by atoms with Crippen molar-refractivity contribution in [2.45, 2.75) is 45.1 Å². The fourth-order valence-corrected chi connectivity index (χ4v) is 1.44. The SMILES string of the molecule is C=C(C)C(=[O+])ONC1CCCCC1. The van der Waals surface area contributed by atoms with E-state index in [1.165, 1.54) is 19.3 Å². The summed E-state index contributed by atoms with van der Waals surface area (Å²) in [6.45, 7) is 5.15. The van der Waals surface area contributed by atoms with E-state index >= 15 is 0 Å². The van der Waals surface area contributed by atoms with Gasteiger partial charge < -0.3 is 0 Å². The summed E-state index contributed by atoms with van der Waals surface area (Å²) in [4.78, 5) is 15.9. The Balaban J connectivity index is 2.17. The molecule has 0 atom stereocenters. The third-order valence-corrected chi connectivity index (χ3v) is 2.27. The van der Waals surface area contributed by atoms with Crippen molar-refractivity contribution < 1.29 is 9.63 Å². The van der Waals surface area contributed by atoms with E-state index in [9.17, 15) is 4.79 Å².